The van der Waals surface area contributed by atoms with E-state index in [0.717, 1.165) is 11.4 Å². The first-order valence-corrected chi connectivity index (χ1v) is 24.3. The SMILES string of the molecule is CC(C)(C)c1ccc(Nc2cc3c(cc2-c2ccc4c5cc6c(cc5n5c4c2[B]c2cc4c(cc2-5)sc2ccccc24)sc2ccccc26)-c2ccc(C(C)(C)C)cc2C3(C)C)cc1. The average molecular weight is 860 g/mol. The fourth-order valence-electron chi connectivity index (χ4n) is 11.0. The Morgan fingerprint density at radius 3 is 1.83 bits per heavy atom. The van der Waals surface area contributed by atoms with Crippen molar-refractivity contribution < 1.29 is 0 Å². The van der Waals surface area contributed by atoms with E-state index in [2.05, 4.69) is 212 Å². The third-order valence-electron chi connectivity index (χ3n) is 14.5. The molecule has 2 aliphatic rings. The Kier molecular flexibility index (Phi) is 7.78. The molecule has 0 amide bonds. The van der Waals surface area contributed by atoms with E-state index >= 15 is 0 Å². The van der Waals surface area contributed by atoms with Crippen LogP contribution < -0.4 is 16.2 Å². The van der Waals surface area contributed by atoms with Gasteiger partial charge in [-0.25, -0.2) is 0 Å². The monoisotopic (exact) mass is 859 g/mol. The van der Waals surface area contributed by atoms with Crippen molar-refractivity contribution in [1.29, 1.82) is 0 Å². The molecule has 1 radical (unpaired) electrons. The van der Waals surface area contributed by atoms with Crippen molar-refractivity contribution in [3.63, 3.8) is 0 Å². The molecule has 0 unspecified atom stereocenters. The summed E-state index contributed by atoms with van der Waals surface area (Å²) >= 11 is 3.80. The number of nitrogens with one attached hydrogen (secondary N) is 1. The van der Waals surface area contributed by atoms with Crippen molar-refractivity contribution in [3.8, 4) is 27.9 Å². The highest BCUT2D eigenvalue weighted by Crippen LogP contribution is 2.53. The molecule has 1 aliphatic carbocycles. The molecule has 0 bridgehead atoms. The first-order valence-electron chi connectivity index (χ1n) is 22.7. The van der Waals surface area contributed by atoms with Crippen molar-refractivity contribution >= 4 is 114 Å². The second-order valence-corrected chi connectivity index (χ2v) is 23.1. The smallest absolute Gasteiger partial charge is 0.197 e. The van der Waals surface area contributed by atoms with Gasteiger partial charge in [-0.15, -0.1) is 22.7 Å². The number of aromatic nitrogens is 1. The van der Waals surface area contributed by atoms with E-state index in [9.17, 15) is 0 Å². The number of benzene rings is 8. The fourth-order valence-corrected chi connectivity index (χ4v) is 13.2. The van der Waals surface area contributed by atoms with E-state index in [-0.39, 0.29) is 16.2 Å². The lowest BCUT2D eigenvalue weighted by Gasteiger charge is -2.27. The summed E-state index contributed by atoms with van der Waals surface area (Å²) < 4.78 is 7.91. The summed E-state index contributed by atoms with van der Waals surface area (Å²) in [6, 6.07) is 53.7. The van der Waals surface area contributed by atoms with Gasteiger partial charge in [0.15, 0.2) is 7.28 Å². The van der Waals surface area contributed by atoms with Crippen molar-refractivity contribution in [2.45, 2.75) is 71.6 Å². The Labute approximate surface area is 383 Å². The van der Waals surface area contributed by atoms with Crippen molar-refractivity contribution in [2.24, 2.45) is 0 Å². The second kappa shape index (κ2) is 13.0. The molecule has 64 heavy (non-hydrogen) atoms. The zero-order chi connectivity index (χ0) is 43.6. The molecule has 11 aromatic rings. The van der Waals surface area contributed by atoms with Gasteiger partial charge in [0.05, 0.1) is 5.52 Å². The van der Waals surface area contributed by atoms with Gasteiger partial charge < -0.3 is 9.88 Å². The van der Waals surface area contributed by atoms with E-state index in [1.807, 2.05) is 22.7 Å². The summed E-state index contributed by atoms with van der Waals surface area (Å²) in [4.78, 5) is 0. The van der Waals surface area contributed by atoms with Crippen LogP contribution in [0.3, 0.4) is 0 Å². The van der Waals surface area contributed by atoms with Gasteiger partial charge in [0.1, 0.15) is 0 Å². The number of rotatable bonds is 3. The largest absolute Gasteiger partial charge is 0.355 e. The molecule has 5 heteroatoms. The molecule has 8 aromatic carbocycles. The topological polar surface area (TPSA) is 17.0 Å². The van der Waals surface area contributed by atoms with Crippen molar-refractivity contribution in [3.05, 3.63) is 162 Å². The van der Waals surface area contributed by atoms with Gasteiger partial charge in [0.25, 0.3) is 0 Å². The number of nitrogens with zero attached hydrogens (tertiary/aromatic N) is 1. The van der Waals surface area contributed by atoms with E-state index in [1.165, 1.54) is 123 Å². The Morgan fingerprint density at radius 1 is 0.500 bits per heavy atom. The van der Waals surface area contributed by atoms with Crippen LogP contribution in [-0.2, 0) is 16.2 Å². The molecular weight excluding hydrogens is 812 g/mol. The maximum atomic E-state index is 4.02. The van der Waals surface area contributed by atoms with Crippen LogP contribution in [0.5, 0.6) is 0 Å². The molecule has 0 saturated heterocycles. The summed E-state index contributed by atoms with van der Waals surface area (Å²) in [5, 5.41) is 11.9. The number of hydrogen-bond acceptors (Lipinski definition) is 3. The Morgan fingerprint density at radius 2 is 1.12 bits per heavy atom. The van der Waals surface area contributed by atoms with Crippen LogP contribution in [0.25, 0.3) is 90.1 Å². The minimum atomic E-state index is -0.168. The highest BCUT2D eigenvalue weighted by atomic mass is 32.1. The van der Waals surface area contributed by atoms with E-state index < -0.39 is 0 Å². The lowest BCUT2D eigenvalue weighted by Crippen LogP contribution is -2.37. The standard InChI is InChI=1S/C59H48BN2S2/c1-57(2,3)32-17-20-34(21-18-32)61-48-29-46-40(35-22-19-33(58(4,5)6)25-45(35)59(46,7)8)26-41(48)38-23-24-39-42-27-43-36-13-9-11-15-51(36)63-53(43)30-49(42)62-50-31-54-44(28-47(50)60-55(38)56(39)62)37-14-10-12-16-52(37)64-54/h9-31,61H,1-8H3. The number of anilines is 2. The number of hydrogen-bond donors (Lipinski definition) is 1. The van der Waals surface area contributed by atoms with Crippen LogP contribution in [0, 0.1) is 0 Å². The lowest BCUT2D eigenvalue weighted by molar-refractivity contribution is 0.584. The number of thiophene rings is 2. The van der Waals surface area contributed by atoms with E-state index in [1.54, 1.807) is 0 Å². The normalized spacial score (nSPS) is 14.2. The molecule has 3 aromatic heterocycles. The molecule has 1 N–H and O–H groups in total. The van der Waals surface area contributed by atoms with Crippen LogP contribution >= 0.6 is 22.7 Å². The van der Waals surface area contributed by atoms with Gasteiger partial charge in [-0.3, -0.25) is 0 Å². The summed E-state index contributed by atoms with van der Waals surface area (Å²) in [6.07, 6.45) is 0. The molecule has 4 heterocycles. The summed E-state index contributed by atoms with van der Waals surface area (Å²) in [5.74, 6) is 0. The fraction of sp³-hybridized carbons (Fsp3) is 0.186. The van der Waals surface area contributed by atoms with Crippen molar-refractivity contribution in [2.75, 3.05) is 5.32 Å². The summed E-state index contributed by atoms with van der Waals surface area (Å²) in [6.45, 7) is 18.6. The summed E-state index contributed by atoms with van der Waals surface area (Å²) in [5.41, 5.74) is 19.1. The zero-order valence-corrected chi connectivity index (χ0v) is 39.3. The Hall–Kier alpha value is -6.14. The maximum Gasteiger partial charge on any atom is 0.197 e. The van der Waals surface area contributed by atoms with Gasteiger partial charge >= 0.3 is 0 Å². The van der Waals surface area contributed by atoms with Crippen LogP contribution in [-0.4, -0.2) is 11.8 Å². The average Bonchev–Trinajstić information content (AvgIpc) is 3.98. The highest BCUT2D eigenvalue weighted by Gasteiger charge is 2.38. The van der Waals surface area contributed by atoms with Crippen LogP contribution in [0.4, 0.5) is 11.4 Å². The Balaban J connectivity index is 1.10. The molecule has 1 aliphatic heterocycles. The predicted octanol–water partition coefficient (Wildman–Crippen LogP) is 15.8. The molecule has 0 spiro atoms. The third kappa shape index (κ3) is 5.44. The molecule has 13 rings (SSSR count). The Bertz CT molecular complexity index is 3820. The van der Waals surface area contributed by atoms with Crippen molar-refractivity contribution in [1.82, 2.24) is 4.57 Å². The van der Waals surface area contributed by atoms with E-state index in [0.29, 0.717) is 0 Å². The minimum absolute atomic E-state index is 0.0583. The molecule has 0 atom stereocenters. The van der Waals surface area contributed by atoms with Crippen LogP contribution in [0.1, 0.15) is 77.6 Å². The maximum absolute atomic E-state index is 4.02. The molecule has 0 saturated carbocycles. The second-order valence-electron chi connectivity index (χ2n) is 20.9. The molecule has 309 valence electrons. The van der Waals surface area contributed by atoms with E-state index in [4.69, 9.17) is 0 Å². The van der Waals surface area contributed by atoms with Crippen LogP contribution in [0.2, 0.25) is 0 Å². The van der Waals surface area contributed by atoms with Crippen LogP contribution in [0.15, 0.2) is 140 Å². The molecular formula is C59H48BN2S2. The first-order chi connectivity index (χ1) is 30.7. The lowest BCUT2D eigenvalue weighted by atomic mass is 9.59. The number of fused-ring (bicyclic) bond motifs is 14. The third-order valence-corrected chi connectivity index (χ3v) is 16.8. The molecule has 2 nitrogen and oxygen atoms in total. The van der Waals surface area contributed by atoms with Gasteiger partial charge in [0.2, 0.25) is 0 Å². The summed E-state index contributed by atoms with van der Waals surface area (Å²) in [7, 11) is 2.50. The first kappa shape index (κ1) is 38.3. The van der Waals surface area contributed by atoms with Gasteiger partial charge in [-0.05, 0) is 115 Å². The highest BCUT2D eigenvalue weighted by molar-refractivity contribution is 7.26. The molecule has 0 fully saturated rings. The van der Waals surface area contributed by atoms with Gasteiger partial charge in [0, 0.05) is 79.3 Å². The minimum Gasteiger partial charge on any atom is -0.355 e. The van der Waals surface area contributed by atoms with Gasteiger partial charge in [-0.1, -0.05) is 146 Å². The quantitative estimate of drug-likeness (QED) is 0.175. The van der Waals surface area contributed by atoms with Gasteiger partial charge in [-0.2, -0.15) is 0 Å². The predicted molar refractivity (Wildman–Crippen MR) is 282 cm³/mol. The zero-order valence-electron chi connectivity index (χ0n) is 37.6.